The fraction of sp³-hybridized carbons (Fsp3) is 0.348. The minimum Gasteiger partial charge on any atom is -0.369 e. The van der Waals surface area contributed by atoms with Gasteiger partial charge >= 0.3 is 0 Å². The molecule has 5 rings (SSSR count). The third-order valence-corrected chi connectivity index (χ3v) is 8.92. The Bertz CT molecular complexity index is 1270. The summed E-state index contributed by atoms with van der Waals surface area (Å²) in [5.41, 5.74) is 4.52. The molecule has 33 heavy (non-hydrogen) atoms. The first kappa shape index (κ1) is 21.8. The summed E-state index contributed by atoms with van der Waals surface area (Å²) in [6, 6.07) is 13.4. The zero-order valence-corrected chi connectivity index (χ0v) is 19.6. The molecule has 0 N–H and O–H groups in total. The van der Waals surface area contributed by atoms with Gasteiger partial charge in [0.2, 0.25) is 0 Å². The van der Waals surface area contributed by atoms with Crippen molar-refractivity contribution in [3.63, 3.8) is 0 Å². The number of nitrogens with zero attached hydrogens (tertiary/aromatic N) is 4. The molecule has 2 aromatic carbocycles. The minimum absolute atomic E-state index is 0.130. The highest BCUT2D eigenvalue weighted by Gasteiger charge is 2.23. The number of nitro groups is 1. The van der Waals surface area contributed by atoms with Crippen LogP contribution in [-0.4, -0.2) is 49.5 Å². The number of aromatic nitrogens is 1. The van der Waals surface area contributed by atoms with Crippen molar-refractivity contribution in [1.82, 2.24) is 4.98 Å². The standard InChI is InChI=1S/C23H24N4O4S2/c28-27(29)21-6-3-18-7-8-26(16-19(18)14-21)23-24-15-22(32-23)13-17-1-4-20(5-2-17)25-9-11-33(30,31)12-10-25/h1-6,14-15H,7-13,16H2. The van der Waals surface area contributed by atoms with E-state index >= 15 is 0 Å². The van der Waals surface area contributed by atoms with Gasteiger partial charge in [-0.25, -0.2) is 13.4 Å². The first-order chi connectivity index (χ1) is 15.9. The van der Waals surface area contributed by atoms with Crippen molar-refractivity contribution in [1.29, 1.82) is 0 Å². The van der Waals surface area contributed by atoms with Crippen LogP contribution < -0.4 is 9.80 Å². The summed E-state index contributed by atoms with van der Waals surface area (Å²) in [5.74, 6) is 0.430. The molecule has 0 saturated carbocycles. The topological polar surface area (TPSA) is 96.7 Å². The lowest BCUT2D eigenvalue weighted by molar-refractivity contribution is -0.384. The highest BCUT2D eigenvalue weighted by atomic mass is 32.2. The van der Waals surface area contributed by atoms with Gasteiger partial charge in [0.15, 0.2) is 15.0 Å². The summed E-state index contributed by atoms with van der Waals surface area (Å²) in [4.78, 5) is 20.8. The van der Waals surface area contributed by atoms with Crippen LogP contribution in [0.5, 0.6) is 0 Å². The number of hydrogen-bond donors (Lipinski definition) is 0. The number of anilines is 2. The van der Waals surface area contributed by atoms with Crippen molar-refractivity contribution >= 4 is 37.7 Å². The number of non-ortho nitro benzene ring substituents is 1. The van der Waals surface area contributed by atoms with Crippen LogP contribution in [0.4, 0.5) is 16.5 Å². The van der Waals surface area contributed by atoms with E-state index in [1.165, 1.54) is 11.1 Å². The van der Waals surface area contributed by atoms with Gasteiger partial charge in [0.25, 0.3) is 5.69 Å². The van der Waals surface area contributed by atoms with Crippen LogP contribution in [0, 0.1) is 10.1 Å². The van der Waals surface area contributed by atoms with Gasteiger partial charge < -0.3 is 9.80 Å². The summed E-state index contributed by atoms with van der Waals surface area (Å²) in [7, 11) is -2.88. The summed E-state index contributed by atoms with van der Waals surface area (Å²) < 4.78 is 23.3. The largest absolute Gasteiger partial charge is 0.369 e. The third-order valence-electron chi connectivity index (χ3n) is 6.25. The van der Waals surface area contributed by atoms with Crippen molar-refractivity contribution < 1.29 is 13.3 Å². The fourth-order valence-corrected chi connectivity index (χ4v) is 6.51. The maximum atomic E-state index is 11.6. The molecule has 1 fully saturated rings. The van der Waals surface area contributed by atoms with E-state index in [0.29, 0.717) is 19.6 Å². The highest BCUT2D eigenvalue weighted by Crippen LogP contribution is 2.31. The molecule has 0 atom stereocenters. The Morgan fingerprint density at radius 3 is 2.48 bits per heavy atom. The predicted octanol–water partition coefficient (Wildman–Crippen LogP) is 3.44. The first-order valence-electron chi connectivity index (χ1n) is 10.9. The van der Waals surface area contributed by atoms with Crippen molar-refractivity contribution in [3.05, 3.63) is 80.3 Å². The lowest BCUT2D eigenvalue weighted by Gasteiger charge is -2.28. The Hall–Kier alpha value is -2.98. The second-order valence-electron chi connectivity index (χ2n) is 8.47. The molecule has 1 aromatic heterocycles. The molecule has 0 amide bonds. The molecule has 3 aromatic rings. The average Bonchev–Trinajstić information content (AvgIpc) is 3.27. The molecule has 0 unspecified atom stereocenters. The molecule has 1 saturated heterocycles. The van der Waals surface area contributed by atoms with Crippen molar-refractivity contribution in [2.75, 3.05) is 40.9 Å². The average molecular weight is 485 g/mol. The molecule has 0 aliphatic carbocycles. The summed E-state index contributed by atoms with van der Waals surface area (Å²) >= 11 is 1.66. The van der Waals surface area contributed by atoms with Crippen molar-refractivity contribution in [3.8, 4) is 0 Å². The van der Waals surface area contributed by atoms with Crippen LogP contribution in [0.1, 0.15) is 21.6 Å². The quantitative estimate of drug-likeness (QED) is 0.404. The minimum atomic E-state index is -2.88. The zero-order valence-electron chi connectivity index (χ0n) is 18.0. The molecule has 0 radical (unpaired) electrons. The van der Waals surface area contributed by atoms with Crippen LogP contribution in [-0.2, 0) is 29.2 Å². The van der Waals surface area contributed by atoms with Gasteiger partial charge in [0.05, 0.1) is 16.4 Å². The van der Waals surface area contributed by atoms with Gasteiger partial charge in [-0.1, -0.05) is 18.2 Å². The van der Waals surface area contributed by atoms with Crippen LogP contribution in [0.15, 0.2) is 48.7 Å². The molecule has 10 heteroatoms. The predicted molar refractivity (Wildman–Crippen MR) is 130 cm³/mol. The van der Waals surface area contributed by atoms with E-state index in [1.54, 1.807) is 23.5 Å². The van der Waals surface area contributed by atoms with Crippen LogP contribution in [0.25, 0.3) is 0 Å². The second-order valence-corrected chi connectivity index (χ2v) is 11.9. The van der Waals surface area contributed by atoms with E-state index < -0.39 is 9.84 Å². The lowest BCUT2D eigenvalue weighted by Crippen LogP contribution is -2.40. The monoisotopic (exact) mass is 484 g/mol. The Labute approximate surface area is 196 Å². The van der Waals surface area contributed by atoms with Gasteiger partial charge in [-0.15, -0.1) is 11.3 Å². The van der Waals surface area contributed by atoms with Crippen molar-refractivity contribution in [2.45, 2.75) is 19.4 Å². The van der Waals surface area contributed by atoms with E-state index in [4.69, 9.17) is 0 Å². The van der Waals surface area contributed by atoms with E-state index in [0.717, 1.165) is 40.6 Å². The van der Waals surface area contributed by atoms with Gasteiger partial charge in [0, 0.05) is 61.5 Å². The van der Waals surface area contributed by atoms with Crippen LogP contribution in [0.3, 0.4) is 0 Å². The molecule has 0 bridgehead atoms. The Morgan fingerprint density at radius 2 is 1.76 bits per heavy atom. The lowest BCUT2D eigenvalue weighted by atomic mass is 9.99. The fourth-order valence-electron chi connectivity index (χ4n) is 4.34. The molecule has 3 heterocycles. The van der Waals surface area contributed by atoms with E-state index in [-0.39, 0.29) is 22.1 Å². The maximum absolute atomic E-state index is 11.6. The van der Waals surface area contributed by atoms with Gasteiger partial charge in [-0.3, -0.25) is 10.1 Å². The molecule has 0 spiro atoms. The van der Waals surface area contributed by atoms with Crippen LogP contribution >= 0.6 is 11.3 Å². The second kappa shape index (κ2) is 8.75. The first-order valence-corrected chi connectivity index (χ1v) is 13.5. The molecular formula is C23H24N4O4S2. The molecule has 8 nitrogen and oxygen atoms in total. The molecule has 2 aliphatic heterocycles. The SMILES string of the molecule is O=[N+]([O-])c1ccc2c(c1)CN(c1ncc(Cc3ccc(N4CCS(=O)(=O)CC4)cc3)s1)CC2. The maximum Gasteiger partial charge on any atom is 0.269 e. The summed E-state index contributed by atoms with van der Waals surface area (Å²) in [5, 5.41) is 12.0. The van der Waals surface area contributed by atoms with E-state index in [9.17, 15) is 18.5 Å². The number of thiazole rings is 1. The number of sulfone groups is 1. The molecular weight excluding hydrogens is 460 g/mol. The zero-order chi connectivity index (χ0) is 23.0. The van der Waals surface area contributed by atoms with Gasteiger partial charge in [0.1, 0.15) is 0 Å². The number of benzene rings is 2. The van der Waals surface area contributed by atoms with Crippen LogP contribution in [0.2, 0.25) is 0 Å². The molecule has 2 aliphatic rings. The third kappa shape index (κ3) is 4.86. The Kier molecular flexibility index (Phi) is 5.79. The Morgan fingerprint density at radius 1 is 1.00 bits per heavy atom. The number of fused-ring (bicyclic) bond motifs is 1. The normalized spacial score (nSPS) is 17.6. The number of rotatable bonds is 5. The van der Waals surface area contributed by atoms with Crippen molar-refractivity contribution in [2.24, 2.45) is 0 Å². The smallest absolute Gasteiger partial charge is 0.269 e. The molecule has 172 valence electrons. The van der Waals surface area contributed by atoms with Gasteiger partial charge in [-0.2, -0.15) is 0 Å². The van der Waals surface area contributed by atoms with E-state index in [2.05, 4.69) is 39.0 Å². The van der Waals surface area contributed by atoms with E-state index in [1.807, 2.05) is 12.3 Å². The summed E-state index contributed by atoms with van der Waals surface area (Å²) in [6.07, 6.45) is 3.54. The number of hydrogen-bond acceptors (Lipinski definition) is 8. The Balaban J connectivity index is 1.23. The summed E-state index contributed by atoms with van der Waals surface area (Å²) in [6.45, 7) is 2.56. The highest BCUT2D eigenvalue weighted by molar-refractivity contribution is 7.91. The number of nitro benzene ring substituents is 1. The van der Waals surface area contributed by atoms with Gasteiger partial charge in [-0.05, 0) is 35.2 Å².